The van der Waals surface area contributed by atoms with Crippen molar-refractivity contribution in [3.63, 3.8) is 0 Å². The zero-order valence-electron chi connectivity index (χ0n) is 44.0. The van der Waals surface area contributed by atoms with Crippen LogP contribution in [-0.4, -0.2) is 0 Å². The lowest BCUT2D eigenvalue weighted by atomic mass is 9.70. The van der Waals surface area contributed by atoms with Crippen molar-refractivity contribution in [2.45, 2.75) is 37.0 Å². The molecule has 0 nitrogen and oxygen atoms in total. The highest BCUT2D eigenvalue weighted by molar-refractivity contribution is 5.98. The van der Waals surface area contributed by atoms with Gasteiger partial charge in [0.2, 0.25) is 0 Å². The molecule has 0 saturated carbocycles. The Balaban J connectivity index is 0.0000000978. The predicted molar refractivity (Wildman–Crippen MR) is 322 cm³/mol. The number of hydrogen-bond acceptors (Lipinski definition) is 0. The average molecular weight is 991 g/mol. The zero-order chi connectivity index (χ0) is 51.9. The first-order valence-electron chi connectivity index (χ1n) is 27.7. The lowest BCUT2D eigenvalue weighted by molar-refractivity contribution is 0.792. The van der Waals surface area contributed by atoms with Crippen molar-refractivity contribution in [1.82, 2.24) is 0 Å². The molecule has 78 heavy (non-hydrogen) atoms. The summed E-state index contributed by atoms with van der Waals surface area (Å²) in [5.41, 5.74) is 37.0. The molecule has 6 aliphatic carbocycles. The summed E-state index contributed by atoms with van der Waals surface area (Å²) in [5.74, 6) is 0. The van der Waals surface area contributed by atoms with Crippen molar-refractivity contribution < 1.29 is 0 Å². The number of rotatable bonds is 0. The van der Waals surface area contributed by atoms with Crippen LogP contribution in [0, 0.1) is 20.8 Å². The standard InChI is InChI=1S/3C26H18/c2*1-17-9-8-16-24-25(17)20-12-4-7-15-23(20)26(24)21-13-5-2-10-18(21)19-11-3-6-14-22(19)26;1-17-14-15-21-20-10-4-7-13-24(20)26(25(21)16-17)22-11-5-2-8-18(22)19-9-3-6-12-23(19)26/h3*2-16H,1H3. The smallest absolute Gasteiger partial charge is 0.0619 e. The molecule has 0 N–H and O–H groups in total. The minimum Gasteiger partial charge on any atom is -0.0619 e. The van der Waals surface area contributed by atoms with Gasteiger partial charge in [0.1, 0.15) is 0 Å². The van der Waals surface area contributed by atoms with Crippen LogP contribution in [0.1, 0.15) is 83.5 Å². The van der Waals surface area contributed by atoms with Crippen molar-refractivity contribution in [3.05, 3.63) is 356 Å². The molecule has 0 fully saturated rings. The second-order valence-electron chi connectivity index (χ2n) is 22.2. The van der Waals surface area contributed by atoms with E-state index >= 15 is 0 Å². The Morgan fingerprint density at radius 1 is 0.179 bits per heavy atom. The Hall–Kier alpha value is -9.36. The van der Waals surface area contributed by atoms with Gasteiger partial charge in [0.05, 0.1) is 16.2 Å². The van der Waals surface area contributed by atoms with Crippen molar-refractivity contribution >= 4 is 0 Å². The molecule has 0 unspecified atom stereocenters. The van der Waals surface area contributed by atoms with E-state index in [4.69, 9.17) is 0 Å². The first-order chi connectivity index (χ1) is 38.5. The first-order valence-corrected chi connectivity index (χ1v) is 27.7. The number of aryl methyl sites for hydroxylation is 3. The Labute approximate surface area is 457 Å². The van der Waals surface area contributed by atoms with Gasteiger partial charge in [-0.15, -0.1) is 0 Å². The molecular weight excluding hydrogens is 937 g/mol. The van der Waals surface area contributed by atoms with E-state index < -0.39 is 0 Å². The minimum absolute atomic E-state index is 0.189. The van der Waals surface area contributed by atoms with E-state index in [1.54, 1.807) is 0 Å². The van der Waals surface area contributed by atoms with Gasteiger partial charge in [0.25, 0.3) is 0 Å². The van der Waals surface area contributed by atoms with Crippen LogP contribution >= 0.6 is 0 Å². The summed E-state index contributed by atoms with van der Waals surface area (Å²) in [6.45, 7) is 6.67. The highest BCUT2D eigenvalue weighted by Crippen LogP contribution is 2.66. The van der Waals surface area contributed by atoms with E-state index in [2.05, 4.69) is 294 Å². The molecule has 0 aromatic heterocycles. The second-order valence-corrected chi connectivity index (χ2v) is 22.2. The molecule has 0 radical (unpaired) electrons. The third-order valence-electron chi connectivity index (χ3n) is 18.6. The molecule has 0 bridgehead atoms. The highest BCUT2D eigenvalue weighted by Gasteiger charge is 2.54. The molecule has 0 heterocycles. The maximum absolute atomic E-state index is 2.40. The first kappa shape index (κ1) is 44.9. The maximum atomic E-state index is 2.40. The molecule has 0 atom stereocenters. The molecular formula is C78H54. The Bertz CT molecular complexity index is 4020. The highest BCUT2D eigenvalue weighted by atomic mass is 14.6. The SMILES string of the molecule is Cc1ccc2c(c1)C1(c3ccccc3-c3ccccc31)c1ccccc1-2.Cc1cccc2c1-c1ccccc1C21c2ccccc2-c2ccccc21.Cc1cccc2c1-c1ccccc1C21c2ccccc2-c2ccccc21. The number of fused-ring (bicyclic) bond motifs is 30. The van der Waals surface area contributed by atoms with E-state index in [-0.39, 0.29) is 16.2 Å². The molecule has 0 amide bonds. The monoisotopic (exact) mass is 990 g/mol. The summed E-state index contributed by atoms with van der Waals surface area (Å²) in [6, 6.07) is 101. The van der Waals surface area contributed by atoms with Crippen LogP contribution in [0.5, 0.6) is 0 Å². The fourth-order valence-electron chi connectivity index (χ4n) is 15.9. The van der Waals surface area contributed by atoms with Crippen molar-refractivity contribution in [2.24, 2.45) is 0 Å². The van der Waals surface area contributed by atoms with E-state index in [0.29, 0.717) is 0 Å². The fourth-order valence-corrected chi connectivity index (χ4v) is 15.9. The van der Waals surface area contributed by atoms with Crippen molar-refractivity contribution in [3.8, 4) is 66.8 Å². The molecule has 0 heteroatoms. The second kappa shape index (κ2) is 16.6. The predicted octanol–water partition coefficient (Wildman–Crippen LogP) is 19.0. The lowest BCUT2D eigenvalue weighted by Crippen LogP contribution is -2.25. The van der Waals surface area contributed by atoms with Gasteiger partial charge in [-0.3, -0.25) is 0 Å². The summed E-state index contributed by atoms with van der Waals surface area (Å²) in [6.07, 6.45) is 0. The molecule has 0 saturated heterocycles. The Kier molecular flexibility index (Phi) is 9.54. The molecule has 0 aliphatic heterocycles. The van der Waals surface area contributed by atoms with E-state index in [0.717, 1.165) is 0 Å². The van der Waals surface area contributed by atoms with Gasteiger partial charge in [0.15, 0.2) is 0 Å². The molecule has 12 aromatic rings. The average Bonchev–Trinajstić information content (AvgIpc) is 4.41. The van der Waals surface area contributed by atoms with Crippen molar-refractivity contribution in [1.29, 1.82) is 0 Å². The Morgan fingerprint density at radius 2 is 0.397 bits per heavy atom. The quantitative estimate of drug-likeness (QED) is 0.142. The van der Waals surface area contributed by atoms with E-state index in [1.807, 2.05) is 0 Å². The molecule has 366 valence electrons. The van der Waals surface area contributed by atoms with Crippen LogP contribution in [0.3, 0.4) is 0 Å². The van der Waals surface area contributed by atoms with Gasteiger partial charge < -0.3 is 0 Å². The van der Waals surface area contributed by atoms with Crippen LogP contribution in [0.25, 0.3) is 66.8 Å². The van der Waals surface area contributed by atoms with Crippen LogP contribution < -0.4 is 0 Å². The number of benzene rings is 12. The summed E-state index contributed by atoms with van der Waals surface area (Å²) < 4.78 is 0. The van der Waals surface area contributed by atoms with Gasteiger partial charge in [-0.1, -0.05) is 279 Å². The minimum atomic E-state index is -0.189. The van der Waals surface area contributed by atoms with Crippen LogP contribution in [0.2, 0.25) is 0 Å². The molecule has 6 aliphatic rings. The summed E-state index contributed by atoms with van der Waals surface area (Å²) in [4.78, 5) is 0. The van der Waals surface area contributed by atoms with Crippen molar-refractivity contribution in [2.75, 3.05) is 0 Å². The van der Waals surface area contributed by atoms with Gasteiger partial charge in [-0.25, -0.2) is 0 Å². The summed E-state index contributed by atoms with van der Waals surface area (Å²) >= 11 is 0. The molecule has 12 aromatic carbocycles. The van der Waals surface area contributed by atoms with Gasteiger partial charge in [-0.2, -0.15) is 0 Å². The Morgan fingerprint density at radius 3 is 0.692 bits per heavy atom. The van der Waals surface area contributed by atoms with Gasteiger partial charge >= 0.3 is 0 Å². The topological polar surface area (TPSA) is 0 Å². The van der Waals surface area contributed by atoms with E-state index in [9.17, 15) is 0 Å². The third kappa shape index (κ3) is 5.59. The largest absolute Gasteiger partial charge is 0.0725 e. The lowest BCUT2D eigenvalue weighted by Gasteiger charge is -2.30. The maximum Gasteiger partial charge on any atom is 0.0725 e. The van der Waals surface area contributed by atoms with Gasteiger partial charge in [0, 0.05) is 0 Å². The number of hydrogen-bond donors (Lipinski definition) is 0. The van der Waals surface area contributed by atoms with Gasteiger partial charge in [-0.05, 0) is 165 Å². The van der Waals surface area contributed by atoms with Crippen LogP contribution in [0.4, 0.5) is 0 Å². The zero-order valence-corrected chi connectivity index (χ0v) is 44.0. The third-order valence-corrected chi connectivity index (χ3v) is 18.6. The fraction of sp³-hybridized carbons (Fsp3) is 0.0769. The molecule has 3 spiro atoms. The summed E-state index contributed by atoms with van der Waals surface area (Å²) in [7, 11) is 0. The molecule has 18 rings (SSSR count). The van der Waals surface area contributed by atoms with Crippen LogP contribution in [0.15, 0.2) is 273 Å². The summed E-state index contributed by atoms with van der Waals surface area (Å²) in [5, 5.41) is 0. The van der Waals surface area contributed by atoms with E-state index in [1.165, 1.54) is 150 Å². The normalized spacial score (nSPS) is 14.7. The van der Waals surface area contributed by atoms with Crippen LogP contribution in [-0.2, 0) is 16.2 Å².